The van der Waals surface area contributed by atoms with Crippen LogP contribution in [0.15, 0.2) is 18.2 Å². The van der Waals surface area contributed by atoms with Crippen molar-refractivity contribution in [1.82, 2.24) is 10.2 Å². The fourth-order valence-corrected chi connectivity index (χ4v) is 3.63. The second-order valence-electron chi connectivity index (χ2n) is 5.95. The Balaban J connectivity index is 0.00000147. The summed E-state index contributed by atoms with van der Waals surface area (Å²) in [7, 11) is 0. The average Bonchev–Trinajstić information content (AvgIpc) is 2.78. The predicted octanol–water partition coefficient (Wildman–Crippen LogP) is 3.48. The Labute approximate surface area is 131 Å². The molecule has 1 spiro atoms. The van der Waals surface area contributed by atoms with Gasteiger partial charge in [-0.05, 0) is 62.5 Å². The molecule has 2 aliphatic rings. The molecule has 112 valence electrons. The first kappa shape index (κ1) is 16.0. The van der Waals surface area contributed by atoms with Crippen molar-refractivity contribution in [1.29, 1.82) is 0 Å². The Morgan fingerprint density at radius 3 is 2.75 bits per heavy atom. The van der Waals surface area contributed by atoms with E-state index in [1.807, 2.05) is 0 Å². The summed E-state index contributed by atoms with van der Waals surface area (Å²) in [5.41, 5.74) is 1.19. The van der Waals surface area contributed by atoms with E-state index in [9.17, 15) is 4.39 Å². The molecular formula is C15H21Cl2FN2. The smallest absolute Gasteiger partial charge is 0.127 e. The van der Waals surface area contributed by atoms with Gasteiger partial charge >= 0.3 is 0 Å². The van der Waals surface area contributed by atoms with Gasteiger partial charge in [0.05, 0.1) is 0 Å². The van der Waals surface area contributed by atoms with E-state index in [1.54, 1.807) is 12.1 Å². The van der Waals surface area contributed by atoms with Gasteiger partial charge in [-0.3, -0.25) is 4.90 Å². The van der Waals surface area contributed by atoms with E-state index in [-0.39, 0.29) is 18.2 Å². The van der Waals surface area contributed by atoms with Crippen molar-refractivity contribution >= 4 is 24.0 Å². The van der Waals surface area contributed by atoms with Crippen LogP contribution in [0.2, 0.25) is 5.02 Å². The molecule has 1 N–H and O–H groups in total. The molecule has 0 amide bonds. The zero-order valence-corrected chi connectivity index (χ0v) is 13.1. The second-order valence-corrected chi connectivity index (χ2v) is 6.38. The molecule has 0 saturated carbocycles. The van der Waals surface area contributed by atoms with Crippen LogP contribution in [-0.2, 0) is 6.54 Å². The van der Waals surface area contributed by atoms with Gasteiger partial charge in [0.25, 0.3) is 0 Å². The molecule has 0 atom stereocenters. The molecule has 20 heavy (non-hydrogen) atoms. The number of hydrogen-bond acceptors (Lipinski definition) is 2. The quantitative estimate of drug-likeness (QED) is 0.898. The van der Waals surface area contributed by atoms with Crippen molar-refractivity contribution in [3.05, 3.63) is 34.6 Å². The predicted molar refractivity (Wildman–Crippen MR) is 83.1 cm³/mol. The SMILES string of the molecule is Cl.Fc1ccc(Cl)cc1CN1CCC2(CCNCC2)C1. The van der Waals surface area contributed by atoms with E-state index in [1.165, 1.54) is 25.3 Å². The van der Waals surface area contributed by atoms with E-state index in [4.69, 9.17) is 11.6 Å². The first-order valence-electron chi connectivity index (χ1n) is 7.04. The summed E-state index contributed by atoms with van der Waals surface area (Å²) < 4.78 is 13.8. The monoisotopic (exact) mass is 318 g/mol. The van der Waals surface area contributed by atoms with Gasteiger partial charge in [-0.2, -0.15) is 0 Å². The summed E-state index contributed by atoms with van der Waals surface area (Å²) in [6.45, 7) is 5.10. The first-order valence-corrected chi connectivity index (χ1v) is 7.42. The van der Waals surface area contributed by atoms with Gasteiger partial charge in [-0.25, -0.2) is 4.39 Å². The lowest BCUT2D eigenvalue weighted by Crippen LogP contribution is -2.38. The Hall–Kier alpha value is -0.350. The number of hydrogen-bond donors (Lipinski definition) is 1. The van der Waals surface area contributed by atoms with E-state index in [0.717, 1.165) is 31.7 Å². The fourth-order valence-electron chi connectivity index (χ4n) is 3.43. The van der Waals surface area contributed by atoms with Gasteiger partial charge in [0, 0.05) is 23.7 Å². The summed E-state index contributed by atoms with van der Waals surface area (Å²) in [4.78, 5) is 2.38. The number of likely N-dealkylation sites (tertiary alicyclic amines) is 1. The molecule has 1 aromatic rings. The van der Waals surface area contributed by atoms with E-state index < -0.39 is 0 Å². The molecule has 2 saturated heterocycles. The van der Waals surface area contributed by atoms with Crippen molar-refractivity contribution in [3.8, 4) is 0 Å². The second kappa shape index (κ2) is 6.61. The average molecular weight is 319 g/mol. The minimum Gasteiger partial charge on any atom is -0.317 e. The molecule has 0 aromatic heterocycles. The maximum absolute atomic E-state index is 13.8. The third kappa shape index (κ3) is 3.45. The lowest BCUT2D eigenvalue weighted by atomic mass is 9.78. The molecular weight excluding hydrogens is 298 g/mol. The summed E-state index contributed by atoms with van der Waals surface area (Å²) in [5.74, 6) is -0.143. The number of rotatable bonds is 2. The molecule has 2 heterocycles. The Morgan fingerprint density at radius 2 is 2.00 bits per heavy atom. The van der Waals surface area contributed by atoms with Crippen LogP contribution >= 0.6 is 24.0 Å². The molecule has 2 fully saturated rings. The van der Waals surface area contributed by atoms with Crippen molar-refractivity contribution < 1.29 is 4.39 Å². The highest BCUT2D eigenvalue weighted by molar-refractivity contribution is 6.30. The minimum absolute atomic E-state index is 0. The van der Waals surface area contributed by atoms with Gasteiger partial charge in [0.2, 0.25) is 0 Å². The zero-order valence-electron chi connectivity index (χ0n) is 11.5. The van der Waals surface area contributed by atoms with E-state index in [0.29, 0.717) is 17.0 Å². The standard InChI is InChI=1S/C15H20ClFN2.ClH/c16-13-1-2-14(17)12(9-13)10-19-8-5-15(11-19)3-6-18-7-4-15;/h1-2,9,18H,3-8,10-11H2;1H. The van der Waals surface area contributed by atoms with E-state index in [2.05, 4.69) is 10.2 Å². The van der Waals surface area contributed by atoms with Gasteiger partial charge in [0.15, 0.2) is 0 Å². The van der Waals surface area contributed by atoms with Crippen LogP contribution in [-0.4, -0.2) is 31.1 Å². The normalized spacial score (nSPS) is 21.9. The molecule has 0 aliphatic carbocycles. The topological polar surface area (TPSA) is 15.3 Å². The third-order valence-corrected chi connectivity index (χ3v) is 4.82. The Bertz CT molecular complexity index is 461. The van der Waals surface area contributed by atoms with Gasteiger partial charge in [-0.1, -0.05) is 11.6 Å². The maximum atomic E-state index is 13.8. The highest BCUT2D eigenvalue weighted by atomic mass is 35.5. The highest BCUT2D eigenvalue weighted by Gasteiger charge is 2.38. The zero-order chi connectivity index (χ0) is 13.3. The summed E-state index contributed by atoms with van der Waals surface area (Å²) in [6.07, 6.45) is 3.75. The molecule has 0 unspecified atom stereocenters. The van der Waals surface area contributed by atoms with Crippen LogP contribution in [0.1, 0.15) is 24.8 Å². The number of nitrogens with zero attached hydrogens (tertiary/aromatic N) is 1. The Morgan fingerprint density at radius 1 is 1.25 bits per heavy atom. The van der Waals surface area contributed by atoms with Crippen LogP contribution in [0.4, 0.5) is 4.39 Å². The first-order chi connectivity index (χ1) is 9.17. The largest absolute Gasteiger partial charge is 0.317 e. The summed E-state index contributed by atoms with van der Waals surface area (Å²) in [5, 5.41) is 4.04. The highest BCUT2D eigenvalue weighted by Crippen LogP contribution is 2.39. The Kier molecular flexibility index (Phi) is 5.30. The minimum atomic E-state index is -0.143. The number of piperidine rings is 1. The van der Waals surface area contributed by atoms with E-state index >= 15 is 0 Å². The molecule has 3 rings (SSSR count). The van der Waals surface area contributed by atoms with Gasteiger partial charge < -0.3 is 5.32 Å². The van der Waals surface area contributed by atoms with Crippen molar-refractivity contribution in [3.63, 3.8) is 0 Å². The van der Waals surface area contributed by atoms with Crippen LogP contribution < -0.4 is 5.32 Å². The van der Waals surface area contributed by atoms with Crippen LogP contribution in [0.3, 0.4) is 0 Å². The molecule has 5 heteroatoms. The van der Waals surface area contributed by atoms with Crippen molar-refractivity contribution in [2.24, 2.45) is 5.41 Å². The number of benzene rings is 1. The third-order valence-electron chi connectivity index (χ3n) is 4.58. The van der Waals surface area contributed by atoms with Crippen molar-refractivity contribution in [2.45, 2.75) is 25.8 Å². The summed E-state index contributed by atoms with van der Waals surface area (Å²) >= 11 is 5.95. The van der Waals surface area contributed by atoms with Gasteiger partial charge in [-0.15, -0.1) is 12.4 Å². The van der Waals surface area contributed by atoms with Crippen LogP contribution in [0.5, 0.6) is 0 Å². The maximum Gasteiger partial charge on any atom is 0.127 e. The fraction of sp³-hybridized carbons (Fsp3) is 0.600. The molecule has 0 bridgehead atoms. The molecule has 2 nitrogen and oxygen atoms in total. The number of halogens is 3. The number of nitrogens with one attached hydrogen (secondary N) is 1. The van der Waals surface area contributed by atoms with Crippen molar-refractivity contribution in [2.75, 3.05) is 26.2 Å². The molecule has 0 radical (unpaired) electrons. The summed E-state index contributed by atoms with van der Waals surface area (Å²) in [6, 6.07) is 4.83. The lowest BCUT2D eigenvalue weighted by Gasteiger charge is -2.34. The van der Waals surface area contributed by atoms with Gasteiger partial charge in [0.1, 0.15) is 5.82 Å². The lowest BCUT2D eigenvalue weighted by molar-refractivity contribution is 0.193. The molecule has 2 aliphatic heterocycles. The van der Waals surface area contributed by atoms with Crippen LogP contribution in [0, 0.1) is 11.2 Å². The molecule has 1 aromatic carbocycles. The van der Waals surface area contributed by atoms with Crippen LogP contribution in [0.25, 0.3) is 0 Å².